The number of hydrogen-bond donors (Lipinski definition) is 2. The van der Waals surface area contributed by atoms with Crippen LogP contribution in [0.2, 0.25) is 0 Å². The van der Waals surface area contributed by atoms with E-state index in [9.17, 15) is 15.0 Å². The summed E-state index contributed by atoms with van der Waals surface area (Å²) in [7, 11) is 0. The number of hydrogen-bond acceptors (Lipinski definition) is 6. The highest BCUT2D eigenvalue weighted by atomic mass is 32.2. The van der Waals surface area contributed by atoms with Crippen molar-refractivity contribution in [3.8, 4) is 5.75 Å². The lowest BCUT2D eigenvalue weighted by Gasteiger charge is -2.39. The standard InChI is InChI=1S/C27H33N3O3S/c1-20-18-24(32)25(27(33)30(20)19-21-6-4-3-5-7-21)26(22-8-10-23(34-2)11-9-22)29-14-12-28(13-15-29)16-17-31/h3-11,18,26,31-32H,12-17,19H2,1-2H3/t26-/m1/s1. The molecule has 34 heavy (non-hydrogen) atoms. The van der Waals surface area contributed by atoms with Crippen molar-refractivity contribution in [2.75, 3.05) is 45.6 Å². The Hall–Kier alpha value is -2.58. The number of aromatic hydroxyl groups is 1. The normalized spacial score (nSPS) is 16.0. The lowest BCUT2D eigenvalue weighted by molar-refractivity contribution is 0.0932. The summed E-state index contributed by atoms with van der Waals surface area (Å²) in [4.78, 5) is 19.6. The Kier molecular flexibility index (Phi) is 8.11. The van der Waals surface area contributed by atoms with E-state index in [1.165, 1.54) is 0 Å². The molecule has 0 spiro atoms. The molecule has 6 nitrogen and oxygen atoms in total. The Labute approximate surface area is 205 Å². The summed E-state index contributed by atoms with van der Waals surface area (Å²) in [5.74, 6) is 0.0449. The van der Waals surface area contributed by atoms with Crippen molar-refractivity contribution in [1.29, 1.82) is 0 Å². The Morgan fingerprint density at radius 1 is 1.00 bits per heavy atom. The molecule has 0 radical (unpaired) electrons. The smallest absolute Gasteiger partial charge is 0.259 e. The quantitative estimate of drug-likeness (QED) is 0.483. The Morgan fingerprint density at radius 3 is 2.29 bits per heavy atom. The largest absolute Gasteiger partial charge is 0.507 e. The zero-order valence-corrected chi connectivity index (χ0v) is 20.7. The highest BCUT2D eigenvalue weighted by Gasteiger charge is 2.31. The molecule has 0 saturated carbocycles. The molecule has 1 aliphatic heterocycles. The number of rotatable bonds is 8. The van der Waals surface area contributed by atoms with Gasteiger partial charge in [-0.1, -0.05) is 42.5 Å². The van der Waals surface area contributed by atoms with Gasteiger partial charge in [0.2, 0.25) is 0 Å². The number of aromatic nitrogens is 1. The highest BCUT2D eigenvalue weighted by molar-refractivity contribution is 7.98. The number of β-amino-alcohol motifs (C(OH)–C–C–N with tert-alkyl or cyclic N) is 1. The Bertz CT molecular complexity index is 1140. The van der Waals surface area contributed by atoms with Crippen LogP contribution >= 0.6 is 11.8 Å². The fourth-order valence-electron chi connectivity index (χ4n) is 4.72. The fourth-order valence-corrected chi connectivity index (χ4v) is 5.13. The number of aliphatic hydroxyl groups is 1. The lowest BCUT2D eigenvalue weighted by atomic mass is 9.96. The maximum absolute atomic E-state index is 13.9. The summed E-state index contributed by atoms with van der Waals surface area (Å²) in [6.45, 7) is 6.24. The average Bonchev–Trinajstić information content (AvgIpc) is 2.86. The van der Waals surface area contributed by atoms with Gasteiger partial charge in [-0.05, 0) is 42.5 Å². The van der Waals surface area contributed by atoms with E-state index in [-0.39, 0.29) is 24.0 Å². The molecule has 0 aliphatic carbocycles. The molecule has 2 aromatic carbocycles. The molecular formula is C27H33N3O3S. The summed E-state index contributed by atoms with van der Waals surface area (Å²) < 4.78 is 1.76. The van der Waals surface area contributed by atoms with Gasteiger partial charge in [0.05, 0.1) is 24.8 Å². The van der Waals surface area contributed by atoms with Crippen LogP contribution in [0.25, 0.3) is 0 Å². The second kappa shape index (κ2) is 11.2. The van der Waals surface area contributed by atoms with Crippen molar-refractivity contribution in [3.63, 3.8) is 0 Å². The zero-order valence-electron chi connectivity index (χ0n) is 19.9. The van der Waals surface area contributed by atoms with E-state index >= 15 is 0 Å². The monoisotopic (exact) mass is 479 g/mol. The molecule has 1 saturated heterocycles. The molecule has 4 rings (SSSR count). The van der Waals surface area contributed by atoms with Gasteiger partial charge in [-0.25, -0.2) is 0 Å². The summed E-state index contributed by atoms with van der Waals surface area (Å²) in [5.41, 5.74) is 3.05. The Balaban J connectivity index is 1.77. The van der Waals surface area contributed by atoms with Crippen molar-refractivity contribution in [3.05, 3.63) is 93.4 Å². The molecule has 0 unspecified atom stereocenters. The van der Waals surface area contributed by atoms with Crippen molar-refractivity contribution in [2.45, 2.75) is 24.4 Å². The Morgan fingerprint density at radius 2 is 1.68 bits per heavy atom. The summed E-state index contributed by atoms with van der Waals surface area (Å²) in [5, 5.41) is 20.4. The molecule has 1 atom stereocenters. The first-order valence-corrected chi connectivity index (χ1v) is 12.9. The number of aliphatic hydroxyl groups excluding tert-OH is 1. The molecule has 2 N–H and O–H groups in total. The van der Waals surface area contributed by atoms with Crippen molar-refractivity contribution in [1.82, 2.24) is 14.4 Å². The van der Waals surface area contributed by atoms with Crippen LogP contribution in [0.15, 0.2) is 70.4 Å². The second-order valence-corrected chi connectivity index (χ2v) is 9.62. The van der Waals surface area contributed by atoms with Crippen molar-refractivity contribution in [2.24, 2.45) is 0 Å². The summed E-state index contributed by atoms with van der Waals surface area (Å²) in [6.07, 6.45) is 2.04. The first kappa shape index (κ1) is 24.5. The number of nitrogens with zero attached hydrogens (tertiary/aromatic N) is 3. The molecule has 0 bridgehead atoms. The van der Waals surface area contributed by atoms with Gasteiger partial charge >= 0.3 is 0 Å². The van der Waals surface area contributed by atoms with E-state index in [0.717, 1.165) is 47.9 Å². The van der Waals surface area contributed by atoms with E-state index in [1.807, 2.05) is 43.5 Å². The van der Waals surface area contributed by atoms with E-state index in [4.69, 9.17) is 0 Å². The number of thioether (sulfide) groups is 1. The molecular weight excluding hydrogens is 446 g/mol. The van der Waals surface area contributed by atoms with Crippen LogP contribution in [0.3, 0.4) is 0 Å². The molecule has 7 heteroatoms. The third kappa shape index (κ3) is 5.39. The maximum Gasteiger partial charge on any atom is 0.259 e. The predicted octanol–water partition coefficient (Wildman–Crippen LogP) is 3.33. The highest BCUT2D eigenvalue weighted by Crippen LogP contribution is 2.34. The van der Waals surface area contributed by atoms with Gasteiger partial charge < -0.3 is 14.8 Å². The van der Waals surface area contributed by atoms with Gasteiger partial charge in [0.15, 0.2) is 0 Å². The molecule has 2 heterocycles. The molecule has 1 fully saturated rings. The minimum atomic E-state index is -0.345. The fraction of sp³-hybridized carbons (Fsp3) is 0.370. The molecule has 1 aliphatic rings. The second-order valence-electron chi connectivity index (χ2n) is 8.74. The van der Waals surface area contributed by atoms with Crippen LogP contribution in [-0.2, 0) is 6.54 Å². The average molecular weight is 480 g/mol. The zero-order chi connectivity index (χ0) is 24.1. The lowest BCUT2D eigenvalue weighted by Crippen LogP contribution is -2.49. The van der Waals surface area contributed by atoms with Gasteiger partial charge in [0, 0.05) is 43.3 Å². The van der Waals surface area contributed by atoms with E-state index in [2.05, 4.69) is 34.1 Å². The van der Waals surface area contributed by atoms with Gasteiger partial charge in [-0.3, -0.25) is 14.6 Å². The van der Waals surface area contributed by atoms with E-state index < -0.39 is 0 Å². The minimum Gasteiger partial charge on any atom is -0.507 e. The van der Waals surface area contributed by atoms with Crippen LogP contribution in [0.1, 0.15) is 28.4 Å². The van der Waals surface area contributed by atoms with E-state index in [0.29, 0.717) is 18.7 Å². The first-order valence-electron chi connectivity index (χ1n) is 11.7. The maximum atomic E-state index is 13.9. The SMILES string of the molecule is CSc1ccc([C@H](c2c(O)cc(C)n(Cc3ccccc3)c2=O)N2CCN(CCO)CC2)cc1. The number of piperazine rings is 1. The van der Waals surface area contributed by atoms with Crippen LogP contribution in [0.5, 0.6) is 5.75 Å². The number of benzene rings is 2. The molecule has 1 aromatic heterocycles. The van der Waals surface area contributed by atoms with Crippen LogP contribution in [0, 0.1) is 6.92 Å². The third-order valence-corrected chi connectivity index (χ3v) is 7.34. The first-order chi connectivity index (χ1) is 16.5. The van der Waals surface area contributed by atoms with Gasteiger partial charge in [0.25, 0.3) is 5.56 Å². The predicted molar refractivity (Wildman–Crippen MR) is 138 cm³/mol. The number of pyridine rings is 1. The van der Waals surface area contributed by atoms with E-state index in [1.54, 1.807) is 22.4 Å². The van der Waals surface area contributed by atoms with Gasteiger partial charge in [0.1, 0.15) is 5.75 Å². The summed E-state index contributed by atoms with van der Waals surface area (Å²) in [6, 6.07) is 19.6. The topological polar surface area (TPSA) is 68.9 Å². The van der Waals surface area contributed by atoms with Crippen LogP contribution in [-0.4, -0.2) is 70.2 Å². The van der Waals surface area contributed by atoms with Gasteiger partial charge in [-0.2, -0.15) is 0 Å². The van der Waals surface area contributed by atoms with Crippen LogP contribution in [0.4, 0.5) is 0 Å². The molecule has 0 amide bonds. The number of aryl methyl sites for hydroxylation is 1. The third-order valence-electron chi connectivity index (χ3n) is 6.60. The van der Waals surface area contributed by atoms with Gasteiger partial charge in [-0.15, -0.1) is 11.8 Å². The van der Waals surface area contributed by atoms with Crippen LogP contribution < -0.4 is 5.56 Å². The minimum absolute atomic E-state index is 0.0449. The van der Waals surface area contributed by atoms with Crippen molar-refractivity contribution < 1.29 is 10.2 Å². The molecule has 3 aromatic rings. The summed E-state index contributed by atoms with van der Waals surface area (Å²) >= 11 is 1.68. The molecule has 180 valence electrons. The van der Waals surface area contributed by atoms with Crippen molar-refractivity contribution >= 4 is 11.8 Å².